The molecule has 254 valence electrons. The molecule has 0 heterocycles. The molecule has 0 aromatic heterocycles. The van der Waals surface area contributed by atoms with Gasteiger partial charge in [-0.2, -0.15) is 0 Å². The van der Waals surface area contributed by atoms with Crippen LogP contribution in [0.2, 0.25) is 0 Å². The van der Waals surface area contributed by atoms with Crippen LogP contribution in [0.25, 0.3) is 11.1 Å². The summed E-state index contributed by atoms with van der Waals surface area (Å²) in [6.45, 7) is 21.1. The molecule has 0 fully saturated rings. The predicted molar refractivity (Wildman–Crippen MR) is 217 cm³/mol. The SMILES string of the molecule is CC(C)N(c1ccc2c(c1)Cc1c-2ccc(N(C(C)C)C(C)C)[c]1[Zr](=[SiH2])([C]1=CC=CC1)([c]1ccccc1)[c]1ccccc1)C(C)C.Cl.Cl. The summed E-state index contributed by atoms with van der Waals surface area (Å²) in [6, 6.07) is 37.2. The molecule has 4 aromatic carbocycles. The van der Waals surface area contributed by atoms with Crippen LogP contribution < -0.4 is 19.6 Å². The van der Waals surface area contributed by atoms with Crippen molar-refractivity contribution in [3.05, 3.63) is 124 Å². The Balaban J connectivity index is 0.00000260. The summed E-state index contributed by atoms with van der Waals surface area (Å²) < 4.78 is 6.36. The minimum Gasteiger partial charge on any atom is -0.147 e. The van der Waals surface area contributed by atoms with Gasteiger partial charge in [-0.1, -0.05) is 0 Å². The molecule has 2 aliphatic carbocycles. The van der Waals surface area contributed by atoms with E-state index in [1.54, 1.807) is 12.1 Å². The van der Waals surface area contributed by atoms with Crippen LogP contribution >= 0.6 is 24.8 Å². The van der Waals surface area contributed by atoms with Crippen molar-refractivity contribution >= 4 is 52.9 Å². The summed E-state index contributed by atoms with van der Waals surface area (Å²) in [5, 5.41) is 0. The van der Waals surface area contributed by atoms with E-state index in [2.05, 4.69) is 181 Å². The number of hydrogen-bond acceptors (Lipinski definition) is 2. The van der Waals surface area contributed by atoms with Gasteiger partial charge in [0.25, 0.3) is 0 Å². The number of allylic oxidation sites excluding steroid dienone is 4. The van der Waals surface area contributed by atoms with Crippen molar-refractivity contribution in [1.29, 1.82) is 0 Å². The number of rotatable bonds is 10. The molecule has 0 saturated heterocycles. The number of fused-ring (bicyclic) bond motifs is 3. The molecule has 0 spiro atoms. The normalized spacial score (nSPS) is 13.7. The molecule has 6 rings (SSSR count). The Morgan fingerprint density at radius 2 is 1.15 bits per heavy atom. The standard InChI is InChI=1S/C25H35N2.2C6H5.C5H5.2ClH.H2Si.Zr/c1-16(2)26(17(3)4)22-9-11-24-20(14-22)13-21-15-23(10-12-25(21)24)27(18(5)6)19(7)8;2*1-2-4-6-5-3-1;1-2-4-5-3-1;;;;/h9-12,14,16-19H,13H2,1-8H3;2*1-5H;1-3H,4H2;2*1H;1H2;. The van der Waals surface area contributed by atoms with Gasteiger partial charge >= 0.3 is 282 Å². The molecule has 2 aliphatic rings. The molecule has 0 atom stereocenters. The zero-order valence-electron chi connectivity index (χ0n) is 30.0. The van der Waals surface area contributed by atoms with Gasteiger partial charge in [-0.3, -0.25) is 0 Å². The van der Waals surface area contributed by atoms with Crippen LogP contribution in [0.5, 0.6) is 0 Å². The fraction of sp³-hybridized carbons (Fsp3) is 0.333. The molecule has 2 nitrogen and oxygen atoms in total. The van der Waals surface area contributed by atoms with Gasteiger partial charge in [0.2, 0.25) is 0 Å². The Hall–Kier alpha value is -2.36. The molecule has 4 aromatic rings. The number of halogens is 2. The molecular formula is C42H54Cl2N2SiZr. The Kier molecular flexibility index (Phi) is 11.9. The van der Waals surface area contributed by atoms with Crippen LogP contribution in [-0.2, 0) is 23.8 Å². The van der Waals surface area contributed by atoms with Gasteiger partial charge in [0.1, 0.15) is 0 Å². The largest absolute Gasteiger partial charge is 0.147 e. The first-order chi connectivity index (χ1) is 22.0. The van der Waals surface area contributed by atoms with Gasteiger partial charge in [-0.25, -0.2) is 0 Å². The fourth-order valence-electron chi connectivity index (χ4n) is 9.04. The molecule has 48 heavy (non-hydrogen) atoms. The molecular weight excluding hydrogens is 723 g/mol. The monoisotopic (exact) mass is 774 g/mol. The molecule has 0 amide bonds. The van der Waals surface area contributed by atoms with E-state index in [0.717, 1.165) is 12.8 Å². The summed E-state index contributed by atoms with van der Waals surface area (Å²) in [5.41, 5.74) is 8.62. The van der Waals surface area contributed by atoms with Crippen molar-refractivity contribution in [2.75, 3.05) is 9.80 Å². The zero-order valence-corrected chi connectivity index (χ0v) is 35.5. The maximum atomic E-state index is 2.71. The van der Waals surface area contributed by atoms with Crippen molar-refractivity contribution in [3.63, 3.8) is 0 Å². The van der Waals surface area contributed by atoms with Gasteiger partial charge in [0.05, 0.1) is 0 Å². The van der Waals surface area contributed by atoms with Crippen molar-refractivity contribution in [2.24, 2.45) is 0 Å². The summed E-state index contributed by atoms with van der Waals surface area (Å²) in [4.78, 5) is 5.27. The second kappa shape index (κ2) is 14.9. The van der Waals surface area contributed by atoms with E-state index < -0.39 is 17.4 Å². The topological polar surface area (TPSA) is 6.48 Å². The van der Waals surface area contributed by atoms with Crippen LogP contribution in [-0.4, -0.2) is 31.0 Å². The molecule has 6 heteroatoms. The summed E-state index contributed by atoms with van der Waals surface area (Å²) in [7, 11) is 0. The van der Waals surface area contributed by atoms with Gasteiger partial charge in [0, 0.05) is 0 Å². The first-order valence-electron chi connectivity index (χ1n) is 17.3. The van der Waals surface area contributed by atoms with Crippen molar-refractivity contribution in [1.82, 2.24) is 0 Å². The van der Waals surface area contributed by atoms with Crippen molar-refractivity contribution in [3.8, 4) is 11.1 Å². The first-order valence-corrected chi connectivity index (χ1v) is 28.2. The maximum absolute atomic E-state index is 4.60. The van der Waals surface area contributed by atoms with E-state index in [9.17, 15) is 0 Å². The number of anilines is 2. The third-order valence-corrected chi connectivity index (χ3v) is 36.7. The molecule has 0 N–H and O–H groups in total. The summed E-state index contributed by atoms with van der Waals surface area (Å²) in [6.07, 6.45) is 9.20. The third kappa shape index (κ3) is 6.04. The quantitative estimate of drug-likeness (QED) is 0.131. The second-order valence-corrected chi connectivity index (χ2v) is 35.9. The molecule has 0 bridgehead atoms. The van der Waals surface area contributed by atoms with Crippen molar-refractivity contribution in [2.45, 2.75) is 92.4 Å². The van der Waals surface area contributed by atoms with Gasteiger partial charge < -0.3 is 0 Å². The fourth-order valence-corrected chi connectivity index (χ4v) is 31.8. The summed E-state index contributed by atoms with van der Waals surface area (Å²) >= 11 is -4.60. The van der Waals surface area contributed by atoms with E-state index in [1.807, 2.05) is 0 Å². The van der Waals surface area contributed by atoms with Crippen LogP contribution in [0.15, 0.2) is 113 Å². The number of nitrogens with zero attached hydrogens (tertiary/aromatic N) is 2. The molecule has 0 aliphatic heterocycles. The van der Waals surface area contributed by atoms with Crippen LogP contribution in [0.4, 0.5) is 11.4 Å². The first kappa shape index (κ1) is 38.4. The summed E-state index contributed by atoms with van der Waals surface area (Å²) in [5.74, 6) is 0. The Labute approximate surface area is 305 Å². The van der Waals surface area contributed by atoms with E-state index in [1.165, 1.54) is 34.6 Å². The minimum absolute atomic E-state index is 0. The van der Waals surface area contributed by atoms with Gasteiger partial charge in [-0.15, -0.1) is 24.8 Å². The van der Waals surface area contributed by atoms with Gasteiger partial charge in [-0.05, 0) is 0 Å². The Morgan fingerprint density at radius 3 is 1.62 bits per heavy atom. The Bertz CT molecular complexity index is 1820. The predicted octanol–water partition coefficient (Wildman–Crippen LogP) is 8.71. The van der Waals surface area contributed by atoms with E-state index >= 15 is 0 Å². The maximum Gasteiger partial charge on any atom is -0.147 e. The molecule has 0 unspecified atom stereocenters. The van der Waals surface area contributed by atoms with Crippen molar-refractivity contribution < 1.29 is 17.4 Å². The second-order valence-electron chi connectivity index (χ2n) is 14.7. The van der Waals surface area contributed by atoms with Crippen LogP contribution in [0, 0.1) is 0 Å². The van der Waals surface area contributed by atoms with E-state index in [-0.39, 0.29) is 24.8 Å². The van der Waals surface area contributed by atoms with Crippen LogP contribution in [0.3, 0.4) is 0 Å². The zero-order chi connectivity index (χ0) is 32.8. The Morgan fingerprint density at radius 1 is 0.625 bits per heavy atom. The van der Waals surface area contributed by atoms with Gasteiger partial charge in [0.15, 0.2) is 0 Å². The number of hydrogen-bond donors (Lipinski definition) is 0. The van der Waals surface area contributed by atoms with E-state index in [4.69, 9.17) is 0 Å². The molecule has 0 saturated carbocycles. The average Bonchev–Trinajstić information content (AvgIpc) is 3.70. The average molecular weight is 777 g/mol. The molecule has 0 radical (unpaired) electrons. The third-order valence-electron chi connectivity index (χ3n) is 10.7. The smallest absolute Gasteiger partial charge is 0.147 e. The number of benzene rings is 4. The van der Waals surface area contributed by atoms with E-state index in [0.29, 0.717) is 24.2 Å². The van der Waals surface area contributed by atoms with Crippen LogP contribution in [0.1, 0.15) is 72.9 Å². The minimum atomic E-state index is -4.60.